The zero-order valence-electron chi connectivity index (χ0n) is 24.1. The van der Waals surface area contributed by atoms with Crippen molar-refractivity contribution < 1.29 is 37.0 Å². The number of hydrogen-bond acceptors (Lipinski definition) is 9. The third kappa shape index (κ3) is 7.56. The maximum atomic E-state index is 13.8. The van der Waals surface area contributed by atoms with Crippen LogP contribution in [0.4, 0.5) is 8.78 Å². The van der Waals surface area contributed by atoms with Gasteiger partial charge in [-0.25, -0.2) is 9.78 Å². The van der Waals surface area contributed by atoms with Crippen molar-refractivity contribution in [3.05, 3.63) is 94.2 Å². The number of carbonyl (C=O) groups excluding carboxylic acids is 2. The minimum absolute atomic E-state index is 0.0353. The van der Waals surface area contributed by atoms with Crippen LogP contribution in [-0.2, 0) is 16.0 Å². The Bertz CT molecular complexity index is 1690. The molecule has 4 aromatic rings. The summed E-state index contributed by atoms with van der Waals surface area (Å²) in [5.74, 6) is 0.292. The van der Waals surface area contributed by atoms with Gasteiger partial charge in [0.1, 0.15) is 6.10 Å². The smallest absolute Gasteiger partial charge is 0.387 e. The first-order valence-electron chi connectivity index (χ1n) is 14.4. The molecule has 0 spiro atoms. The van der Waals surface area contributed by atoms with Crippen LogP contribution >= 0.6 is 35.0 Å². The Balaban J connectivity index is 1.27. The number of ether oxygens (including phenoxy) is 3. The van der Waals surface area contributed by atoms with E-state index < -0.39 is 24.1 Å². The van der Waals surface area contributed by atoms with Crippen LogP contribution in [0.2, 0.25) is 10.0 Å². The fraction of sp³-hybridized carbons (Fsp3) is 0.312. The van der Waals surface area contributed by atoms with Crippen molar-refractivity contribution in [2.75, 3.05) is 18.9 Å². The van der Waals surface area contributed by atoms with E-state index in [9.17, 15) is 18.4 Å². The molecule has 0 radical (unpaired) electrons. The summed E-state index contributed by atoms with van der Waals surface area (Å²) in [6.45, 7) is -2.40. The highest BCUT2D eigenvalue weighted by Gasteiger charge is 2.38. The van der Waals surface area contributed by atoms with Gasteiger partial charge in [-0.2, -0.15) is 8.78 Å². The molecular weight excluding hydrogens is 663 g/mol. The first-order valence-corrected chi connectivity index (χ1v) is 16.2. The average Bonchev–Trinajstić information content (AvgIpc) is 3.46. The van der Waals surface area contributed by atoms with Crippen LogP contribution in [0.1, 0.15) is 40.4 Å². The molecule has 0 N–H and O–H groups in total. The summed E-state index contributed by atoms with van der Waals surface area (Å²) in [7, 11) is 0. The lowest BCUT2D eigenvalue weighted by molar-refractivity contribution is -0.151. The molecule has 46 heavy (non-hydrogen) atoms. The third-order valence-electron chi connectivity index (χ3n) is 7.51. The zero-order chi connectivity index (χ0) is 32.2. The number of hydrogen-bond donors (Lipinski definition) is 0. The van der Waals surface area contributed by atoms with Crippen LogP contribution in [0.5, 0.6) is 11.5 Å². The van der Waals surface area contributed by atoms with Crippen molar-refractivity contribution in [1.82, 2.24) is 14.9 Å². The molecule has 2 atom stereocenters. The van der Waals surface area contributed by atoms with E-state index in [4.69, 9.17) is 41.8 Å². The molecule has 240 valence electrons. The number of nitrogens with zero attached hydrogens (tertiary/aromatic N) is 3. The van der Waals surface area contributed by atoms with Gasteiger partial charge in [0.05, 0.1) is 22.8 Å². The van der Waals surface area contributed by atoms with Gasteiger partial charge in [-0.3, -0.25) is 9.78 Å². The first-order chi connectivity index (χ1) is 22.3. The maximum absolute atomic E-state index is 13.8. The molecule has 2 fully saturated rings. The molecular formula is C32H27Cl2F2N3O6S. The van der Waals surface area contributed by atoms with Crippen molar-refractivity contribution in [2.24, 2.45) is 5.92 Å². The van der Waals surface area contributed by atoms with E-state index in [0.29, 0.717) is 52.8 Å². The summed E-state index contributed by atoms with van der Waals surface area (Å²) in [5, 5.41) is -0.426. The van der Waals surface area contributed by atoms with Gasteiger partial charge in [0, 0.05) is 42.2 Å². The van der Waals surface area contributed by atoms with Crippen LogP contribution in [0, 0.1) is 5.92 Å². The minimum atomic E-state index is -3.06. The Morgan fingerprint density at radius 1 is 1.04 bits per heavy atom. The second-order valence-corrected chi connectivity index (χ2v) is 12.7. The van der Waals surface area contributed by atoms with E-state index in [-0.39, 0.29) is 33.9 Å². The molecule has 9 nitrogen and oxygen atoms in total. The van der Waals surface area contributed by atoms with Gasteiger partial charge in [-0.15, -0.1) is 11.8 Å². The van der Waals surface area contributed by atoms with E-state index in [2.05, 4.69) is 9.97 Å². The minimum Gasteiger partial charge on any atom is -0.489 e. The molecule has 1 amide bonds. The van der Waals surface area contributed by atoms with Gasteiger partial charge < -0.3 is 23.5 Å². The normalized spacial score (nSPS) is 16.8. The molecule has 0 unspecified atom stereocenters. The summed E-state index contributed by atoms with van der Waals surface area (Å²) >= 11 is 14.1. The van der Waals surface area contributed by atoms with Crippen molar-refractivity contribution in [1.29, 1.82) is 0 Å². The van der Waals surface area contributed by atoms with Gasteiger partial charge in [-0.05, 0) is 54.2 Å². The zero-order valence-corrected chi connectivity index (χ0v) is 26.4. The van der Waals surface area contributed by atoms with Gasteiger partial charge in [0.15, 0.2) is 29.0 Å². The van der Waals surface area contributed by atoms with Crippen LogP contribution < -0.4 is 9.47 Å². The summed E-state index contributed by atoms with van der Waals surface area (Å²) in [6.07, 6.45) is 6.72. The largest absolute Gasteiger partial charge is 0.489 e. The molecule has 3 heterocycles. The number of benzene rings is 2. The second kappa shape index (κ2) is 14.3. The summed E-state index contributed by atoms with van der Waals surface area (Å²) in [5.41, 5.74) is 1.94. The first kappa shape index (κ1) is 32.1. The van der Waals surface area contributed by atoms with E-state index in [0.717, 1.165) is 12.8 Å². The highest BCUT2D eigenvalue weighted by Crippen LogP contribution is 2.39. The molecule has 2 aromatic heterocycles. The number of pyridine rings is 1. The standard InChI is InChI=1S/C32H27Cl2F2N3O6S/c33-23-13-37-14-24(34)22(23)12-26(20-6-7-25(45-32(35)36)27(11-20)42-16-18-4-5-18)44-31(41)30-39(8-9-46-30)29(40)21-3-1-2-19(10-21)28-15-38-17-43-28/h1-3,6-7,10-11,13-15,17-18,26,30,32H,4-5,8-9,12,16H2/t26-,30-/m0/s1. The summed E-state index contributed by atoms with van der Waals surface area (Å²) < 4.78 is 48.4. The molecule has 1 saturated heterocycles. The molecule has 14 heteroatoms. The number of amides is 1. The van der Waals surface area contributed by atoms with E-state index >= 15 is 0 Å². The van der Waals surface area contributed by atoms with E-state index in [1.807, 2.05) is 0 Å². The van der Waals surface area contributed by atoms with Gasteiger partial charge in [0.2, 0.25) is 0 Å². The molecule has 1 aliphatic heterocycles. The number of aromatic nitrogens is 2. The van der Waals surface area contributed by atoms with Gasteiger partial charge >= 0.3 is 12.6 Å². The van der Waals surface area contributed by atoms with Crippen molar-refractivity contribution in [3.63, 3.8) is 0 Å². The summed E-state index contributed by atoms with van der Waals surface area (Å²) in [4.78, 5) is 36.8. The fourth-order valence-electron chi connectivity index (χ4n) is 4.97. The lowest BCUT2D eigenvalue weighted by Gasteiger charge is -2.26. The Hall–Kier alpha value is -3.87. The predicted octanol–water partition coefficient (Wildman–Crippen LogP) is 7.48. The topological polar surface area (TPSA) is 104 Å². The summed E-state index contributed by atoms with van der Waals surface area (Å²) in [6, 6.07) is 11.2. The van der Waals surface area contributed by atoms with Crippen molar-refractivity contribution in [2.45, 2.75) is 37.4 Å². The van der Waals surface area contributed by atoms with Gasteiger partial charge in [0.25, 0.3) is 5.91 Å². The molecule has 2 aliphatic rings. The molecule has 1 aliphatic carbocycles. The SMILES string of the molecule is O=C(O[C@@H](Cc1c(Cl)cncc1Cl)c1ccc(OC(F)F)c(OCC2CC2)c1)[C@@H]1SCCN1C(=O)c1cccc(-c2cnco2)c1. The maximum Gasteiger partial charge on any atom is 0.387 e. The monoisotopic (exact) mass is 689 g/mol. The van der Waals surface area contributed by atoms with Crippen molar-refractivity contribution >= 4 is 46.8 Å². The Labute approximate surface area is 277 Å². The third-order valence-corrected chi connectivity index (χ3v) is 9.34. The number of esters is 1. The molecule has 1 saturated carbocycles. The van der Waals surface area contributed by atoms with E-state index in [1.54, 1.807) is 30.5 Å². The highest BCUT2D eigenvalue weighted by molar-refractivity contribution is 8.00. The quantitative estimate of drug-likeness (QED) is 0.140. The lowest BCUT2D eigenvalue weighted by Crippen LogP contribution is -2.40. The van der Waals surface area contributed by atoms with Crippen LogP contribution in [0.25, 0.3) is 11.3 Å². The Morgan fingerprint density at radius 2 is 1.85 bits per heavy atom. The average molecular weight is 691 g/mol. The fourth-order valence-corrected chi connectivity index (χ4v) is 6.59. The lowest BCUT2D eigenvalue weighted by atomic mass is 10.0. The molecule has 2 aromatic carbocycles. The molecule has 6 rings (SSSR count). The van der Waals surface area contributed by atoms with Crippen molar-refractivity contribution in [3.8, 4) is 22.8 Å². The van der Waals surface area contributed by atoms with Crippen LogP contribution in [0.15, 0.2) is 71.9 Å². The van der Waals surface area contributed by atoms with Gasteiger partial charge in [-0.1, -0.05) is 41.4 Å². The van der Waals surface area contributed by atoms with E-state index in [1.165, 1.54) is 53.6 Å². The number of oxazole rings is 1. The van der Waals surface area contributed by atoms with Crippen LogP contribution in [-0.4, -0.2) is 57.6 Å². The number of halogens is 4. The Morgan fingerprint density at radius 3 is 2.57 bits per heavy atom. The number of thioether (sulfide) groups is 1. The Kier molecular flexibility index (Phi) is 9.95. The number of alkyl halides is 2. The van der Waals surface area contributed by atoms with Crippen LogP contribution in [0.3, 0.4) is 0 Å². The predicted molar refractivity (Wildman–Crippen MR) is 167 cm³/mol. The molecule has 0 bridgehead atoms. The number of carbonyl (C=O) groups is 2. The highest BCUT2D eigenvalue weighted by atomic mass is 35.5. The second-order valence-electron chi connectivity index (χ2n) is 10.7. The number of rotatable bonds is 12.